The van der Waals surface area contributed by atoms with Gasteiger partial charge in [0.25, 0.3) is 0 Å². The van der Waals surface area contributed by atoms with Gasteiger partial charge in [0.2, 0.25) is 5.91 Å². The van der Waals surface area contributed by atoms with Crippen LogP contribution in [0.5, 0.6) is 5.75 Å². The zero-order valence-electron chi connectivity index (χ0n) is 13.8. The Morgan fingerprint density at radius 1 is 1.17 bits per heavy atom. The minimum atomic E-state index is 0.160. The second-order valence-electron chi connectivity index (χ2n) is 6.42. The number of piperazine rings is 1. The molecule has 5 heteroatoms. The van der Waals surface area contributed by atoms with E-state index in [2.05, 4.69) is 22.3 Å². The molecule has 0 aromatic heterocycles. The number of carbonyl (C=O) groups excluding carboxylic acids is 1. The summed E-state index contributed by atoms with van der Waals surface area (Å²) in [6.45, 7) is 2.49. The van der Waals surface area contributed by atoms with Crippen LogP contribution in [-0.4, -0.2) is 49.8 Å². The largest absolute Gasteiger partial charge is 0.491 e. The molecular weight excluding hydrogens is 292 g/mol. The lowest BCUT2D eigenvalue weighted by molar-refractivity contribution is -0.128. The molecule has 1 amide bonds. The van der Waals surface area contributed by atoms with Crippen molar-refractivity contribution >= 4 is 5.91 Å². The van der Waals surface area contributed by atoms with Crippen LogP contribution >= 0.6 is 0 Å². The monoisotopic (exact) mass is 318 g/mol. The molecule has 1 aromatic carbocycles. The molecule has 1 N–H and O–H groups in total. The van der Waals surface area contributed by atoms with Crippen molar-refractivity contribution in [2.75, 3.05) is 26.9 Å². The lowest BCUT2D eigenvalue weighted by Crippen LogP contribution is -2.61. The second kappa shape index (κ2) is 7.79. The van der Waals surface area contributed by atoms with Crippen LogP contribution in [-0.2, 0) is 16.1 Å². The van der Waals surface area contributed by atoms with E-state index in [4.69, 9.17) is 9.47 Å². The molecule has 23 heavy (non-hydrogen) atoms. The molecule has 1 saturated carbocycles. The molecule has 1 aromatic rings. The molecule has 126 valence electrons. The maximum Gasteiger partial charge on any atom is 0.234 e. The van der Waals surface area contributed by atoms with Gasteiger partial charge in [-0.3, -0.25) is 9.69 Å². The van der Waals surface area contributed by atoms with Gasteiger partial charge in [0, 0.05) is 25.7 Å². The molecule has 2 atom stereocenters. The summed E-state index contributed by atoms with van der Waals surface area (Å²) in [7, 11) is 1.67. The summed E-state index contributed by atoms with van der Waals surface area (Å²) in [4.78, 5) is 14.3. The van der Waals surface area contributed by atoms with Gasteiger partial charge in [0.15, 0.2) is 0 Å². The average Bonchev–Trinajstić information content (AvgIpc) is 2.56. The number of fused-ring (bicyclic) bond motifs is 1. The Morgan fingerprint density at radius 3 is 2.74 bits per heavy atom. The molecule has 0 unspecified atom stereocenters. The highest BCUT2D eigenvalue weighted by Crippen LogP contribution is 2.27. The highest BCUT2D eigenvalue weighted by atomic mass is 16.5. The Labute approximate surface area is 137 Å². The molecule has 1 aliphatic heterocycles. The van der Waals surface area contributed by atoms with Gasteiger partial charge in [-0.05, 0) is 30.5 Å². The van der Waals surface area contributed by atoms with E-state index in [0.717, 1.165) is 18.7 Å². The number of nitrogens with zero attached hydrogens (tertiary/aromatic N) is 1. The van der Waals surface area contributed by atoms with Crippen LogP contribution in [0, 0.1) is 0 Å². The fraction of sp³-hybridized carbons (Fsp3) is 0.611. The third-order valence-corrected chi connectivity index (χ3v) is 4.76. The highest BCUT2D eigenvalue weighted by molar-refractivity contribution is 5.79. The van der Waals surface area contributed by atoms with Crippen molar-refractivity contribution in [2.24, 2.45) is 0 Å². The minimum Gasteiger partial charge on any atom is -0.491 e. The van der Waals surface area contributed by atoms with Crippen LogP contribution in [0.3, 0.4) is 0 Å². The van der Waals surface area contributed by atoms with E-state index < -0.39 is 0 Å². The maximum absolute atomic E-state index is 11.9. The summed E-state index contributed by atoms with van der Waals surface area (Å²) in [6, 6.07) is 8.99. The van der Waals surface area contributed by atoms with Crippen LogP contribution in [0.15, 0.2) is 24.3 Å². The number of amides is 1. The van der Waals surface area contributed by atoms with E-state index in [1.54, 1.807) is 7.11 Å². The zero-order valence-corrected chi connectivity index (χ0v) is 13.8. The van der Waals surface area contributed by atoms with Crippen LogP contribution in [0.25, 0.3) is 0 Å². The Kier molecular flexibility index (Phi) is 5.51. The molecule has 0 bridgehead atoms. The predicted molar refractivity (Wildman–Crippen MR) is 88.4 cm³/mol. The SMILES string of the molecule is COCCOc1ccc(CN2CC(=O)N[C@@H]3CCCC[C@H]32)cc1. The predicted octanol–water partition coefficient (Wildman–Crippen LogP) is 1.95. The fourth-order valence-corrected chi connectivity index (χ4v) is 3.61. The second-order valence-corrected chi connectivity index (χ2v) is 6.42. The van der Waals surface area contributed by atoms with Gasteiger partial charge in [-0.1, -0.05) is 25.0 Å². The van der Waals surface area contributed by atoms with E-state index in [1.165, 1.54) is 24.8 Å². The van der Waals surface area contributed by atoms with Crippen molar-refractivity contribution < 1.29 is 14.3 Å². The van der Waals surface area contributed by atoms with E-state index in [1.807, 2.05) is 12.1 Å². The molecule has 1 heterocycles. The molecule has 1 saturated heterocycles. The molecule has 1 aliphatic carbocycles. The number of carbonyl (C=O) groups is 1. The van der Waals surface area contributed by atoms with Gasteiger partial charge in [0.1, 0.15) is 12.4 Å². The number of hydrogen-bond acceptors (Lipinski definition) is 4. The number of methoxy groups -OCH3 is 1. The van der Waals surface area contributed by atoms with Gasteiger partial charge in [-0.2, -0.15) is 0 Å². The Balaban J connectivity index is 1.60. The summed E-state index contributed by atoms with van der Waals surface area (Å²) in [5.41, 5.74) is 1.23. The smallest absolute Gasteiger partial charge is 0.234 e. The molecule has 0 spiro atoms. The zero-order chi connectivity index (χ0) is 16.1. The van der Waals surface area contributed by atoms with Crippen LogP contribution in [0.4, 0.5) is 0 Å². The van der Waals surface area contributed by atoms with E-state index in [9.17, 15) is 4.79 Å². The normalized spacial score (nSPS) is 24.8. The number of ether oxygens (including phenoxy) is 2. The first-order valence-electron chi connectivity index (χ1n) is 8.50. The van der Waals surface area contributed by atoms with Crippen molar-refractivity contribution in [2.45, 2.75) is 44.3 Å². The molecule has 0 radical (unpaired) electrons. The topological polar surface area (TPSA) is 50.8 Å². The van der Waals surface area contributed by atoms with Crippen molar-refractivity contribution in [3.05, 3.63) is 29.8 Å². The number of hydrogen-bond donors (Lipinski definition) is 1. The van der Waals surface area contributed by atoms with Crippen LogP contribution < -0.4 is 10.1 Å². The fourth-order valence-electron chi connectivity index (χ4n) is 3.61. The summed E-state index contributed by atoms with van der Waals surface area (Å²) in [5.74, 6) is 1.02. The Bertz CT molecular complexity index is 518. The third-order valence-electron chi connectivity index (χ3n) is 4.76. The molecule has 2 aliphatic rings. The van der Waals surface area contributed by atoms with Gasteiger partial charge in [-0.15, -0.1) is 0 Å². The number of rotatable bonds is 6. The number of nitrogens with one attached hydrogen (secondary N) is 1. The number of benzene rings is 1. The van der Waals surface area contributed by atoms with E-state index >= 15 is 0 Å². The summed E-state index contributed by atoms with van der Waals surface area (Å²) in [5, 5.41) is 3.16. The quantitative estimate of drug-likeness (QED) is 0.815. The van der Waals surface area contributed by atoms with Crippen LogP contribution in [0.2, 0.25) is 0 Å². The van der Waals surface area contributed by atoms with Crippen LogP contribution in [0.1, 0.15) is 31.2 Å². The lowest BCUT2D eigenvalue weighted by atomic mass is 9.87. The van der Waals surface area contributed by atoms with Gasteiger partial charge < -0.3 is 14.8 Å². The van der Waals surface area contributed by atoms with Crippen molar-refractivity contribution in [1.29, 1.82) is 0 Å². The summed E-state index contributed by atoms with van der Waals surface area (Å²) >= 11 is 0. The first-order valence-corrected chi connectivity index (χ1v) is 8.50. The molecule has 5 nitrogen and oxygen atoms in total. The molecule has 3 rings (SSSR count). The molecule has 2 fully saturated rings. The Morgan fingerprint density at radius 2 is 1.96 bits per heavy atom. The van der Waals surface area contributed by atoms with Crippen molar-refractivity contribution in [3.63, 3.8) is 0 Å². The first kappa shape index (κ1) is 16.3. The standard InChI is InChI=1S/C18H26N2O3/c1-22-10-11-23-15-8-6-14(7-9-15)12-20-13-18(21)19-16-4-2-3-5-17(16)20/h6-9,16-17H,2-5,10-13H2,1H3,(H,19,21)/t16-,17-/m1/s1. The van der Waals surface area contributed by atoms with E-state index in [0.29, 0.717) is 31.8 Å². The Hall–Kier alpha value is -1.59. The van der Waals surface area contributed by atoms with Crippen molar-refractivity contribution in [1.82, 2.24) is 10.2 Å². The van der Waals surface area contributed by atoms with Gasteiger partial charge in [0.05, 0.1) is 13.2 Å². The highest BCUT2D eigenvalue weighted by Gasteiger charge is 2.36. The first-order chi connectivity index (χ1) is 11.3. The summed E-state index contributed by atoms with van der Waals surface area (Å²) in [6.07, 6.45) is 4.78. The maximum atomic E-state index is 11.9. The van der Waals surface area contributed by atoms with E-state index in [-0.39, 0.29) is 5.91 Å². The van der Waals surface area contributed by atoms with Crippen molar-refractivity contribution in [3.8, 4) is 5.75 Å². The average molecular weight is 318 g/mol. The summed E-state index contributed by atoms with van der Waals surface area (Å²) < 4.78 is 10.6. The third kappa shape index (κ3) is 4.24. The van der Waals surface area contributed by atoms with Gasteiger partial charge in [-0.25, -0.2) is 0 Å². The van der Waals surface area contributed by atoms with Gasteiger partial charge >= 0.3 is 0 Å². The molecular formula is C18H26N2O3. The minimum absolute atomic E-state index is 0.160. The lowest BCUT2D eigenvalue weighted by Gasteiger charge is -2.44.